The average molecular weight is 327 g/mol. The van der Waals surface area contributed by atoms with Crippen LogP contribution in [0.5, 0.6) is 0 Å². The van der Waals surface area contributed by atoms with E-state index in [2.05, 4.69) is 23.9 Å². The Morgan fingerprint density at radius 3 is 2.41 bits per heavy atom. The lowest BCUT2D eigenvalue weighted by atomic mass is 10.0. The molecule has 0 aromatic heterocycles. The predicted molar refractivity (Wildman–Crippen MR) is 86.7 cm³/mol. The summed E-state index contributed by atoms with van der Waals surface area (Å²) in [6.45, 7) is 4.55. The van der Waals surface area contributed by atoms with Gasteiger partial charge in [-0.2, -0.15) is 0 Å². The lowest BCUT2D eigenvalue weighted by Gasteiger charge is -2.18. The fourth-order valence-electron chi connectivity index (χ4n) is 2.06. The van der Waals surface area contributed by atoms with E-state index in [1.807, 2.05) is 0 Å². The lowest BCUT2D eigenvalue weighted by molar-refractivity contribution is -0.121. The normalized spacial score (nSPS) is 13.1. The van der Waals surface area contributed by atoms with Gasteiger partial charge in [-0.3, -0.25) is 4.79 Å². The van der Waals surface area contributed by atoms with Crippen molar-refractivity contribution >= 4 is 15.9 Å². The molecule has 1 amide bonds. The number of nitrogens with two attached hydrogens (primary N) is 1. The van der Waals surface area contributed by atoms with Gasteiger partial charge in [0.2, 0.25) is 15.9 Å². The highest BCUT2D eigenvalue weighted by Gasteiger charge is 2.15. The Balaban J connectivity index is 2.42. The Morgan fingerprint density at radius 2 is 1.86 bits per heavy atom. The molecule has 1 atom stereocenters. The minimum Gasteiger partial charge on any atom is -0.352 e. The molecule has 0 spiro atoms. The Labute approximate surface area is 132 Å². The van der Waals surface area contributed by atoms with Crippen LogP contribution in [-0.2, 0) is 14.8 Å². The number of hydrogen-bond acceptors (Lipinski definition) is 4. The van der Waals surface area contributed by atoms with Gasteiger partial charge in [0.25, 0.3) is 0 Å². The number of carbonyl (C=O) groups is 1. The first-order chi connectivity index (χ1) is 10.3. The Kier molecular flexibility index (Phi) is 7.50. The number of carbonyl (C=O) groups excluding carboxylic acids is 1. The first-order valence-electron chi connectivity index (χ1n) is 7.39. The van der Waals surface area contributed by atoms with Gasteiger partial charge in [0.05, 0.1) is 4.90 Å². The third kappa shape index (κ3) is 6.55. The molecule has 0 aliphatic heterocycles. The lowest BCUT2D eigenvalue weighted by Crippen LogP contribution is -2.42. The standard InChI is InChI=1S/C15H25N3O3S/c1-12(2)10-13(11-16)18-15(19)8-9-17-22(20,21)14-6-4-3-5-7-14/h3-7,12-13,17H,8-11,16H2,1-2H3,(H,18,19). The Hall–Kier alpha value is -1.44. The van der Waals surface area contributed by atoms with E-state index in [0.29, 0.717) is 12.5 Å². The molecule has 1 rings (SSSR count). The van der Waals surface area contributed by atoms with Gasteiger partial charge in [-0.15, -0.1) is 0 Å². The van der Waals surface area contributed by atoms with Crippen LogP contribution < -0.4 is 15.8 Å². The zero-order valence-electron chi connectivity index (χ0n) is 13.1. The van der Waals surface area contributed by atoms with Crippen LogP contribution in [0.15, 0.2) is 35.2 Å². The second kappa shape index (κ2) is 8.87. The molecule has 0 aliphatic rings. The highest BCUT2D eigenvalue weighted by atomic mass is 32.2. The molecule has 0 heterocycles. The van der Waals surface area contributed by atoms with E-state index >= 15 is 0 Å². The maximum Gasteiger partial charge on any atom is 0.240 e. The van der Waals surface area contributed by atoms with Crippen molar-refractivity contribution < 1.29 is 13.2 Å². The molecule has 1 aromatic carbocycles. The largest absolute Gasteiger partial charge is 0.352 e. The molecule has 0 fully saturated rings. The van der Waals surface area contributed by atoms with E-state index in [1.54, 1.807) is 18.2 Å². The van der Waals surface area contributed by atoms with Crippen LogP contribution in [0.1, 0.15) is 26.7 Å². The maximum absolute atomic E-state index is 12.0. The predicted octanol–water partition coefficient (Wildman–Crippen LogP) is 0.845. The van der Waals surface area contributed by atoms with Crippen molar-refractivity contribution in [2.75, 3.05) is 13.1 Å². The van der Waals surface area contributed by atoms with E-state index in [1.165, 1.54) is 12.1 Å². The van der Waals surface area contributed by atoms with Crippen molar-refractivity contribution in [3.05, 3.63) is 30.3 Å². The number of sulfonamides is 1. The number of amides is 1. The van der Waals surface area contributed by atoms with Crippen molar-refractivity contribution in [3.8, 4) is 0 Å². The summed E-state index contributed by atoms with van der Waals surface area (Å²) in [6.07, 6.45) is 0.888. The highest BCUT2D eigenvalue weighted by Crippen LogP contribution is 2.07. The molecule has 1 unspecified atom stereocenters. The van der Waals surface area contributed by atoms with Gasteiger partial charge < -0.3 is 11.1 Å². The summed E-state index contributed by atoms with van der Waals surface area (Å²) in [5, 5.41) is 2.83. The van der Waals surface area contributed by atoms with E-state index in [0.717, 1.165) is 6.42 Å². The van der Waals surface area contributed by atoms with Gasteiger partial charge in [0.1, 0.15) is 0 Å². The zero-order valence-corrected chi connectivity index (χ0v) is 13.9. The molecular formula is C15H25N3O3S. The van der Waals surface area contributed by atoms with Gasteiger partial charge in [-0.25, -0.2) is 13.1 Å². The van der Waals surface area contributed by atoms with Crippen LogP contribution in [0.4, 0.5) is 0 Å². The minimum absolute atomic E-state index is 0.0576. The van der Waals surface area contributed by atoms with Gasteiger partial charge in [0.15, 0.2) is 0 Å². The van der Waals surface area contributed by atoms with Crippen LogP contribution in [0, 0.1) is 5.92 Å². The van der Waals surface area contributed by atoms with Gasteiger partial charge in [0, 0.05) is 25.6 Å². The van der Waals surface area contributed by atoms with Crippen molar-refractivity contribution in [1.29, 1.82) is 0 Å². The third-order valence-electron chi connectivity index (χ3n) is 3.10. The molecule has 7 heteroatoms. The summed E-state index contributed by atoms with van der Waals surface area (Å²) >= 11 is 0. The first kappa shape index (κ1) is 18.6. The van der Waals surface area contributed by atoms with Crippen LogP contribution >= 0.6 is 0 Å². The van der Waals surface area contributed by atoms with Gasteiger partial charge in [-0.05, 0) is 24.5 Å². The smallest absolute Gasteiger partial charge is 0.240 e. The maximum atomic E-state index is 12.0. The first-order valence-corrected chi connectivity index (χ1v) is 8.87. The molecule has 0 saturated heterocycles. The van der Waals surface area contributed by atoms with E-state index in [4.69, 9.17) is 5.73 Å². The summed E-state index contributed by atoms with van der Waals surface area (Å²) in [7, 11) is -3.56. The second-order valence-electron chi connectivity index (χ2n) is 5.59. The van der Waals surface area contributed by atoms with Crippen LogP contribution in [0.2, 0.25) is 0 Å². The monoisotopic (exact) mass is 327 g/mol. The number of hydrogen-bond donors (Lipinski definition) is 3. The summed E-state index contributed by atoms with van der Waals surface area (Å²) < 4.78 is 26.4. The fraction of sp³-hybridized carbons (Fsp3) is 0.533. The van der Waals surface area contributed by atoms with Gasteiger partial charge >= 0.3 is 0 Å². The van der Waals surface area contributed by atoms with E-state index in [-0.39, 0.29) is 29.8 Å². The number of nitrogens with one attached hydrogen (secondary N) is 2. The van der Waals surface area contributed by atoms with Gasteiger partial charge in [-0.1, -0.05) is 32.0 Å². The summed E-state index contributed by atoms with van der Waals surface area (Å²) in [4.78, 5) is 12.0. The number of rotatable bonds is 9. The van der Waals surface area contributed by atoms with Crippen LogP contribution in [0.3, 0.4) is 0 Å². The molecule has 1 aromatic rings. The van der Waals surface area contributed by atoms with Crippen molar-refractivity contribution in [3.63, 3.8) is 0 Å². The van der Waals surface area contributed by atoms with Crippen molar-refractivity contribution in [2.45, 2.75) is 37.6 Å². The molecule has 124 valence electrons. The quantitative estimate of drug-likeness (QED) is 0.625. The third-order valence-corrected chi connectivity index (χ3v) is 4.58. The highest BCUT2D eigenvalue weighted by molar-refractivity contribution is 7.89. The van der Waals surface area contributed by atoms with E-state index in [9.17, 15) is 13.2 Å². The van der Waals surface area contributed by atoms with Crippen LogP contribution in [0.25, 0.3) is 0 Å². The minimum atomic E-state index is -3.56. The molecule has 6 nitrogen and oxygen atoms in total. The Morgan fingerprint density at radius 1 is 1.23 bits per heavy atom. The molecule has 0 saturated carbocycles. The Bertz CT molecular complexity index is 559. The molecule has 0 bridgehead atoms. The summed E-state index contributed by atoms with van der Waals surface area (Å²) in [5.74, 6) is 0.234. The SMILES string of the molecule is CC(C)CC(CN)NC(=O)CCNS(=O)(=O)c1ccccc1. The van der Waals surface area contributed by atoms with Crippen molar-refractivity contribution in [1.82, 2.24) is 10.0 Å². The van der Waals surface area contributed by atoms with Crippen LogP contribution in [-0.4, -0.2) is 33.5 Å². The van der Waals surface area contributed by atoms with E-state index < -0.39 is 10.0 Å². The summed E-state index contributed by atoms with van der Waals surface area (Å²) in [5.41, 5.74) is 5.62. The molecular weight excluding hydrogens is 302 g/mol. The molecule has 0 aliphatic carbocycles. The molecule has 4 N–H and O–H groups in total. The summed E-state index contributed by atoms with van der Waals surface area (Å²) in [6, 6.07) is 8.00. The van der Waals surface area contributed by atoms with Crippen molar-refractivity contribution in [2.24, 2.45) is 11.7 Å². The number of benzene rings is 1. The fourth-order valence-corrected chi connectivity index (χ4v) is 3.12. The second-order valence-corrected chi connectivity index (χ2v) is 7.36. The molecule has 22 heavy (non-hydrogen) atoms. The topological polar surface area (TPSA) is 101 Å². The zero-order chi connectivity index (χ0) is 16.6. The molecule has 0 radical (unpaired) electrons. The average Bonchev–Trinajstić information content (AvgIpc) is 2.46.